The summed E-state index contributed by atoms with van der Waals surface area (Å²) in [4.78, 5) is 14.2. The molecule has 1 amide bonds. The van der Waals surface area contributed by atoms with Crippen molar-refractivity contribution in [2.45, 2.75) is 96.2 Å². The molecule has 5 atom stereocenters. The summed E-state index contributed by atoms with van der Waals surface area (Å²) in [5.41, 5.74) is 1.52. The van der Waals surface area contributed by atoms with Gasteiger partial charge >= 0.3 is 0 Å². The first kappa shape index (κ1) is 22.6. The van der Waals surface area contributed by atoms with Crippen LogP contribution in [0, 0.1) is 17.8 Å². The minimum atomic E-state index is -0.377. The number of unbranched alkanes of at least 4 members (excludes halogenated alkanes) is 3. The fraction of sp³-hybridized carbons (Fsp3) is 0.800. The van der Waals surface area contributed by atoms with Gasteiger partial charge in [0.25, 0.3) is 0 Å². The SMILES string of the molecule is CCCCC[C@H](O)/C=C/[C@@H]1[C@H]2C/C(=C/CCCC(=O)N3CCCC3)C[C@H]2C[C@H]1O. The van der Waals surface area contributed by atoms with Crippen LogP contribution in [-0.2, 0) is 4.79 Å². The number of rotatable bonds is 10. The molecular formula is C25H41NO3. The monoisotopic (exact) mass is 403 g/mol. The van der Waals surface area contributed by atoms with Crippen LogP contribution in [0.15, 0.2) is 23.8 Å². The van der Waals surface area contributed by atoms with Gasteiger partial charge in [-0.1, -0.05) is 50.0 Å². The molecule has 1 saturated heterocycles. The maximum absolute atomic E-state index is 12.1. The van der Waals surface area contributed by atoms with Crippen LogP contribution in [0.3, 0.4) is 0 Å². The molecule has 2 saturated carbocycles. The number of likely N-dealkylation sites (tertiary alicyclic amines) is 1. The summed E-state index contributed by atoms with van der Waals surface area (Å²) < 4.78 is 0. The van der Waals surface area contributed by atoms with Gasteiger partial charge in [-0.3, -0.25) is 4.79 Å². The summed E-state index contributed by atoms with van der Waals surface area (Å²) in [5.74, 6) is 1.61. The molecule has 0 bridgehead atoms. The van der Waals surface area contributed by atoms with Crippen LogP contribution in [0.4, 0.5) is 0 Å². The molecule has 3 rings (SSSR count). The smallest absolute Gasteiger partial charge is 0.222 e. The molecule has 0 aromatic carbocycles. The lowest BCUT2D eigenvalue weighted by Gasteiger charge is -2.18. The van der Waals surface area contributed by atoms with Gasteiger partial charge in [-0.2, -0.15) is 0 Å². The average Bonchev–Trinajstić information content (AvgIpc) is 3.41. The van der Waals surface area contributed by atoms with Crippen molar-refractivity contribution in [3.63, 3.8) is 0 Å². The van der Waals surface area contributed by atoms with Crippen molar-refractivity contribution in [1.82, 2.24) is 4.90 Å². The lowest BCUT2D eigenvalue weighted by atomic mass is 9.90. The molecule has 3 fully saturated rings. The summed E-state index contributed by atoms with van der Waals surface area (Å²) in [6.45, 7) is 4.08. The van der Waals surface area contributed by atoms with Crippen LogP contribution >= 0.6 is 0 Å². The fourth-order valence-electron chi connectivity index (χ4n) is 5.58. The summed E-state index contributed by atoms with van der Waals surface area (Å²) in [6, 6.07) is 0. The van der Waals surface area contributed by atoms with Crippen molar-refractivity contribution in [3.8, 4) is 0 Å². The Hall–Kier alpha value is -1.13. The molecule has 0 radical (unpaired) electrons. The van der Waals surface area contributed by atoms with Crippen LogP contribution in [0.25, 0.3) is 0 Å². The number of allylic oxidation sites excluding steroid dienone is 2. The van der Waals surface area contributed by atoms with E-state index in [0.29, 0.717) is 24.2 Å². The first-order valence-electron chi connectivity index (χ1n) is 12.1. The lowest BCUT2D eigenvalue weighted by Crippen LogP contribution is -2.27. The van der Waals surface area contributed by atoms with E-state index in [-0.39, 0.29) is 18.1 Å². The Kier molecular flexibility index (Phi) is 8.80. The third kappa shape index (κ3) is 6.42. The van der Waals surface area contributed by atoms with Gasteiger partial charge in [0.15, 0.2) is 0 Å². The first-order chi connectivity index (χ1) is 14.1. The van der Waals surface area contributed by atoms with E-state index in [1.54, 1.807) is 0 Å². The Balaban J connectivity index is 1.42. The van der Waals surface area contributed by atoms with E-state index in [2.05, 4.69) is 19.1 Å². The topological polar surface area (TPSA) is 60.8 Å². The van der Waals surface area contributed by atoms with E-state index < -0.39 is 0 Å². The largest absolute Gasteiger partial charge is 0.392 e. The highest BCUT2D eigenvalue weighted by Crippen LogP contribution is 2.50. The number of aliphatic hydroxyl groups excluding tert-OH is 2. The number of amides is 1. The number of hydrogen-bond donors (Lipinski definition) is 2. The van der Waals surface area contributed by atoms with Gasteiger partial charge in [-0.05, 0) is 63.2 Å². The Morgan fingerprint density at radius 3 is 2.76 bits per heavy atom. The Morgan fingerprint density at radius 2 is 2.00 bits per heavy atom. The second-order valence-electron chi connectivity index (χ2n) is 9.50. The Labute approximate surface area is 177 Å². The average molecular weight is 404 g/mol. The van der Waals surface area contributed by atoms with Gasteiger partial charge in [0.2, 0.25) is 5.91 Å². The maximum atomic E-state index is 12.1. The molecule has 2 N–H and O–H groups in total. The number of aliphatic hydroxyl groups is 2. The third-order valence-corrected chi connectivity index (χ3v) is 7.26. The fourth-order valence-corrected chi connectivity index (χ4v) is 5.58. The molecule has 2 aliphatic carbocycles. The molecular weight excluding hydrogens is 362 g/mol. The summed E-state index contributed by atoms with van der Waals surface area (Å²) >= 11 is 0. The number of hydrogen-bond acceptors (Lipinski definition) is 3. The van der Waals surface area contributed by atoms with Crippen LogP contribution in [0.2, 0.25) is 0 Å². The zero-order valence-corrected chi connectivity index (χ0v) is 18.3. The normalized spacial score (nSPS) is 31.8. The molecule has 29 heavy (non-hydrogen) atoms. The van der Waals surface area contributed by atoms with E-state index in [1.165, 1.54) is 18.4 Å². The van der Waals surface area contributed by atoms with Crippen molar-refractivity contribution < 1.29 is 15.0 Å². The van der Waals surface area contributed by atoms with Gasteiger partial charge in [-0.25, -0.2) is 0 Å². The zero-order chi connectivity index (χ0) is 20.6. The number of nitrogens with zero attached hydrogens (tertiary/aromatic N) is 1. The van der Waals surface area contributed by atoms with E-state index in [9.17, 15) is 15.0 Å². The van der Waals surface area contributed by atoms with Crippen molar-refractivity contribution in [1.29, 1.82) is 0 Å². The highest BCUT2D eigenvalue weighted by molar-refractivity contribution is 5.76. The molecule has 1 aliphatic heterocycles. The molecule has 4 heteroatoms. The first-order valence-corrected chi connectivity index (χ1v) is 12.1. The van der Waals surface area contributed by atoms with E-state index in [1.807, 2.05) is 11.0 Å². The number of fused-ring (bicyclic) bond motifs is 1. The van der Waals surface area contributed by atoms with Gasteiger partial charge in [0.05, 0.1) is 12.2 Å². The third-order valence-electron chi connectivity index (χ3n) is 7.26. The second-order valence-corrected chi connectivity index (χ2v) is 9.50. The number of carbonyl (C=O) groups is 1. The molecule has 4 nitrogen and oxygen atoms in total. The molecule has 3 aliphatic rings. The highest BCUT2D eigenvalue weighted by Gasteiger charge is 2.44. The van der Waals surface area contributed by atoms with Crippen LogP contribution in [0.1, 0.15) is 84.0 Å². The number of carbonyl (C=O) groups excluding carboxylic acids is 1. The quantitative estimate of drug-likeness (QED) is 0.414. The van der Waals surface area contributed by atoms with Crippen LogP contribution in [0.5, 0.6) is 0 Å². The standard InChI is InChI=1S/C25H41NO3/c1-2-3-4-10-21(27)12-13-22-23-17-19(16-20(23)18-24(22)28)9-5-6-11-25(29)26-14-7-8-15-26/h9,12-13,20-24,27-28H,2-8,10-11,14-18H2,1H3/b13-12+,19-9+/t20-,21-,22+,23-,24+/m0/s1. The van der Waals surface area contributed by atoms with Crippen molar-refractivity contribution in [2.75, 3.05) is 13.1 Å². The molecule has 0 unspecified atom stereocenters. The van der Waals surface area contributed by atoms with Crippen LogP contribution < -0.4 is 0 Å². The molecule has 1 heterocycles. The molecule has 0 spiro atoms. The minimum Gasteiger partial charge on any atom is -0.392 e. The van der Waals surface area contributed by atoms with Crippen molar-refractivity contribution in [2.24, 2.45) is 17.8 Å². The van der Waals surface area contributed by atoms with E-state index in [4.69, 9.17) is 0 Å². The predicted octanol–water partition coefficient (Wildman–Crippen LogP) is 4.61. The second kappa shape index (κ2) is 11.3. The molecule has 164 valence electrons. The Bertz CT molecular complexity index is 579. The summed E-state index contributed by atoms with van der Waals surface area (Å²) in [6.07, 6.45) is 18.0. The van der Waals surface area contributed by atoms with Crippen molar-refractivity contribution in [3.05, 3.63) is 23.8 Å². The van der Waals surface area contributed by atoms with Gasteiger partial charge in [-0.15, -0.1) is 0 Å². The van der Waals surface area contributed by atoms with Crippen LogP contribution in [-0.4, -0.2) is 46.3 Å². The van der Waals surface area contributed by atoms with Crippen molar-refractivity contribution >= 4 is 5.91 Å². The molecule has 0 aromatic rings. The van der Waals surface area contributed by atoms with E-state index >= 15 is 0 Å². The minimum absolute atomic E-state index is 0.184. The summed E-state index contributed by atoms with van der Waals surface area (Å²) in [5, 5.41) is 20.7. The Morgan fingerprint density at radius 1 is 1.21 bits per heavy atom. The highest BCUT2D eigenvalue weighted by atomic mass is 16.3. The maximum Gasteiger partial charge on any atom is 0.222 e. The molecule has 0 aromatic heterocycles. The predicted molar refractivity (Wildman–Crippen MR) is 117 cm³/mol. The van der Waals surface area contributed by atoms with E-state index in [0.717, 1.165) is 70.9 Å². The van der Waals surface area contributed by atoms with Gasteiger partial charge < -0.3 is 15.1 Å². The van der Waals surface area contributed by atoms with Gasteiger partial charge in [0.1, 0.15) is 0 Å². The van der Waals surface area contributed by atoms with Gasteiger partial charge in [0, 0.05) is 25.4 Å². The lowest BCUT2D eigenvalue weighted by molar-refractivity contribution is -0.130. The zero-order valence-electron chi connectivity index (χ0n) is 18.3. The summed E-state index contributed by atoms with van der Waals surface area (Å²) in [7, 11) is 0.